The molecule has 0 saturated heterocycles. The van der Waals surface area contributed by atoms with Crippen LogP contribution in [0.1, 0.15) is 15.9 Å². The topological polar surface area (TPSA) is 50.3 Å². The molecule has 100 valence electrons. The van der Waals surface area contributed by atoms with Gasteiger partial charge in [-0.15, -0.1) is 0 Å². The Labute approximate surface area is 118 Å². The third-order valence-corrected chi connectivity index (χ3v) is 3.39. The van der Waals surface area contributed by atoms with Crippen LogP contribution in [0.3, 0.4) is 0 Å². The van der Waals surface area contributed by atoms with Crippen molar-refractivity contribution in [3.05, 3.63) is 58.6 Å². The highest BCUT2D eigenvalue weighted by Crippen LogP contribution is 2.37. The van der Waals surface area contributed by atoms with Crippen LogP contribution >= 0.6 is 11.6 Å². The third kappa shape index (κ3) is 1.87. The number of ketones is 1. The van der Waals surface area contributed by atoms with Crippen molar-refractivity contribution in [3.8, 4) is 0 Å². The van der Waals surface area contributed by atoms with Gasteiger partial charge in [0.05, 0.1) is 22.8 Å². The molecular weight excluding hydrogens is 283 g/mol. The lowest BCUT2D eigenvalue weighted by Crippen LogP contribution is -2.29. The van der Waals surface area contributed by atoms with Gasteiger partial charge in [-0.05, 0) is 23.8 Å². The molecule has 1 aromatic carbocycles. The standard InChI is InChI=1S/C14H8ClFN2O2/c15-9-3-4-10(16)12-11(9)13(19)14(20)18(12)7-8-2-1-5-17-6-8/h1-6H,7H2. The lowest BCUT2D eigenvalue weighted by Gasteiger charge is -2.17. The summed E-state index contributed by atoms with van der Waals surface area (Å²) < 4.78 is 13.9. The zero-order chi connectivity index (χ0) is 14.3. The van der Waals surface area contributed by atoms with E-state index in [9.17, 15) is 14.0 Å². The first-order valence-corrected chi connectivity index (χ1v) is 6.20. The molecule has 3 rings (SSSR count). The van der Waals surface area contributed by atoms with Gasteiger partial charge in [-0.3, -0.25) is 19.5 Å². The fourth-order valence-corrected chi connectivity index (χ4v) is 2.42. The molecule has 0 radical (unpaired) electrons. The molecule has 0 saturated carbocycles. The van der Waals surface area contributed by atoms with E-state index in [4.69, 9.17) is 11.6 Å². The molecule has 0 spiro atoms. The minimum absolute atomic E-state index is 0.0589. The summed E-state index contributed by atoms with van der Waals surface area (Å²) >= 11 is 5.89. The van der Waals surface area contributed by atoms with Crippen molar-refractivity contribution < 1.29 is 14.0 Å². The number of carbonyl (C=O) groups is 2. The Hall–Kier alpha value is -2.27. The van der Waals surface area contributed by atoms with Gasteiger partial charge >= 0.3 is 0 Å². The Bertz CT molecular complexity index is 719. The highest BCUT2D eigenvalue weighted by atomic mass is 35.5. The van der Waals surface area contributed by atoms with E-state index in [0.717, 1.165) is 11.0 Å². The van der Waals surface area contributed by atoms with Gasteiger partial charge in [0.15, 0.2) is 0 Å². The second-order valence-electron chi connectivity index (χ2n) is 4.33. The van der Waals surface area contributed by atoms with E-state index in [1.807, 2.05) is 0 Å². The number of benzene rings is 1. The maximum Gasteiger partial charge on any atom is 0.299 e. The molecule has 1 aromatic heterocycles. The van der Waals surface area contributed by atoms with E-state index in [1.54, 1.807) is 24.5 Å². The predicted octanol–water partition coefficient (Wildman–Crippen LogP) is 2.60. The van der Waals surface area contributed by atoms with Crippen LogP contribution in [0.15, 0.2) is 36.7 Å². The Morgan fingerprint density at radius 2 is 2.05 bits per heavy atom. The van der Waals surface area contributed by atoms with Crippen molar-refractivity contribution in [1.82, 2.24) is 4.98 Å². The van der Waals surface area contributed by atoms with Crippen molar-refractivity contribution in [1.29, 1.82) is 0 Å². The lowest BCUT2D eigenvalue weighted by molar-refractivity contribution is -0.114. The molecule has 20 heavy (non-hydrogen) atoms. The average Bonchev–Trinajstić information content (AvgIpc) is 2.70. The van der Waals surface area contributed by atoms with Gasteiger partial charge in [0.25, 0.3) is 11.7 Å². The molecule has 0 N–H and O–H groups in total. The first-order chi connectivity index (χ1) is 9.59. The van der Waals surface area contributed by atoms with E-state index in [-0.39, 0.29) is 22.8 Å². The molecule has 1 amide bonds. The third-order valence-electron chi connectivity index (χ3n) is 3.08. The first kappa shape index (κ1) is 12.7. The van der Waals surface area contributed by atoms with Crippen LogP contribution in [0.2, 0.25) is 5.02 Å². The zero-order valence-electron chi connectivity index (χ0n) is 10.1. The predicted molar refractivity (Wildman–Crippen MR) is 71.2 cm³/mol. The summed E-state index contributed by atoms with van der Waals surface area (Å²) in [5.74, 6) is -2.21. The number of pyridine rings is 1. The number of fused-ring (bicyclic) bond motifs is 1. The summed E-state index contributed by atoms with van der Waals surface area (Å²) in [5.41, 5.74) is 0.567. The second kappa shape index (κ2) is 4.68. The number of halogens is 2. The number of rotatable bonds is 2. The average molecular weight is 291 g/mol. The minimum Gasteiger partial charge on any atom is -0.297 e. The monoisotopic (exact) mass is 290 g/mol. The van der Waals surface area contributed by atoms with Gasteiger partial charge in [-0.2, -0.15) is 0 Å². The normalized spacial score (nSPS) is 13.8. The van der Waals surface area contributed by atoms with Gasteiger partial charge in [-0.25, -0.2) is 4.39 Å². The molecule has 2 aromatic rings. The lowest BCUT2D eigenvalue weighted by atomic mass is 10.1. The molecule has 1 aliphatic heterocycles. The number of hydrogen-bond acceptors (Lipinski definition) is 3. The Balaban J connectivity index is 2.09. The molecule has 1 aliphatic rings. The van der Waals surface area contributed by atoms with Crippen molar-refractivity contribution in [3.63, 3.8) is 0 Å². The summed E-state index contributed by atoms with van der Waals surface area (Å²) in [5, 5.41) is 0.0773. The quantitative estimate of drug-likeness (QED) is 0.799. The summed E-state index contributed by atoms with van der Waals surface area (Å²) in [6.07, 6.45) is 3.14. The van der Waals surface area contributed by atoms with E-state index in [1.165, 1.54) is 6.07 Å². The molecule has 2 heterocycles. The van der Waals surface area contributed by atoms with Crippen LogP contribution in [0, 0.1) is 5.82 Å². The fourth-order valence-electron chi connectivity index (χ4n) is 2.18. The number of amides is 1. The maximum absolute atomic E-state index is 13.9. The molecule has 0 atom stereocenters. The van der Waals surface area contributed by atoms with Gasteiger partial charge in [0, 0.05) is 12.4 Å². The number of nitrogens with zero attached hydrogens (tertiary/aromatic N) is 2. The molecule has 4 nitrogen and oxygen atoms in total. The summed E-state index contributed by atoms with van der Waals surface area (Å²) in [6.45, 7) is 0.0721. The van der Waals surface area contributed by atoms with Crippen LogP contribution in [0.4, 0.5) is 10.1 Å². The van der Waals surface area contributed by atoms with Crippen LogP contribution in [-0.4, -0.2) is 16.7 Å². The van der Waals surface area contributed by atoms with Gasteiger partial charge < -0.3 is 0 Å². The molecule has 6 heteroatoms. The van der Waals surface area contributed by atoms with E-state index >= 15 is 0 Å². The molecule has 0 unspecified atom stereocenters. The second-order valence-corrected chi connectivity index (χ2v) is 4.74. The molecule has 0 aliphatic carbocycles. The van der Waals surface area contributed by atoms with Gasteiger partial charge in [-0.1, -0.05) is 17.7 Å². The maximum atomic E-state index is 13.9. The van der Waals surface area contributed by atoms with Crippen molar-refractivity contribution in [2.24, 2.45) is 0 Å². The summed E-state index contributed by atoms with van der Waals surface area (Å²) in [6, 6.07) is 5.86. The fraction of sp³-hybridized carbons (Fsp3) is 0.0714. The van der Waals surface area contributed by atoms with Gasteiger partial charge in [0.1, 0.15) is 5.82 Å². The number of carbonyl (C=O) groups excluding carboxylic acids is 2. The van der Waals surface area contributed by atoms with E-state index < -0.39 is 17.5 Å². The van der Waals surface area contributed by atoms with Crippen LogP contribution in [0.5, 0.6) is 0 Å². The molecular formula is C14H8ClFN2O2. The van der Waals surface area contributed by atoms with Crippen molar-refractivity contribution in [2.75, 3.05) is 4.90 Å². The summed E-state index contributed by atoms with van der Waals surface area (Å²) in [4.78, 5) is 28.9. The number of anilines is 1. The highest BCUT2D eigenvalue weighted by molar-refractivity contribution is 6.55. The van der Waals surface area contributed by atoms with Crippen molar-refractivity contribution >= 4 is 29.0 Å². The van der Waals surface area contributed by atoms with Crippen LogP contribution in [0.25, 0.3) is 0 Å². The number of Topliss-reactive ketones (excluding diaryl/α,β-unsaturated/α-hetero) is 1. The zero-order valence-corrected chi connectivity index (χ0v) is 10.9. The van der Waals surface area contributed by atoms with E-state index in [2.05, 4.69) is 4.98 Å². The molecule has 0 bridgehead atoms. The smallest absolute Gasteiger partial charge is 0.297 e. The Kier molecular flexibility index (Phi) is 2.99. The Morgan fingerprint density at radius 1 is 1.25 bits per heavy atom. The number of aromatic nitrogens is 1. The first-order valence-electron chi connectivity index (χ1n) is 5.82. The Morgan fingerprint density at radius 3 is 2.75 bits per heavy atom. The highest BCUT2D eigenvalue weighted by Gasteiger charge is 2.39. The number of hydrogen-bond donors (Lipinski definition) is 0. The van der Waals surface area contributed by atoms with Gasteiger partial charge in [0.2, 0.25) is 0 Å². The summed E-state index contributed by atoms with van der Waals surface area (Å²) in [7, 11) is 0. The van der Waals surface area contributed by atoms with Crippen LogP contribution in [-0.2, 0) is 11.3 Å². The van der Waals surface area contributed by atoms with Crippen molar-refractivity contribution in [2.45, 2.75) is 6.54 Å². The SMILES string of the molecule is O=C1C(=O)N(Cc2cccnc2)c2c(F)ccc(Cl)c21. The minimum atomic E-state index is -0.784. The van der Waals surface area contributed by atoms with E-state index in [0.29, 0.717) is 5.56 Å². The molecule has 0 fully saturated rings. The largest absolute Gasteiger partial charge is 0.299 e. The van der Waals surface area contributed by atoms with Crippen LogP contribution < -0.4 is 4.90 Å².